The van der Waals surface area contributed by atoms with Gasteiger partial charge in [0.15, 0.2) is 6.10 Å². The Morgan fingerprint density at radius 2 is 2.24 bits per heavy atom. The highest BCUT2D eigenvalue weighted by Crippen LogP contribution is 2.14. The maximum Gasteiger partial charge on any atom is 0.335 e. The molecule has 17 heavy (non-hydrogen) atoms. The van der Waals surface area contributed by atoms with Crippen molar-refractivity contribution < 1.29 is 19.0 Å². The number of esters is 1. The number of ether oxygens (including phenoxy) is 3. The summed E-state index contributed by atoms with van der Waals surface area (Å²) in [6, 6.07) is 0. The Labute approximate surface area is 104 Å². The Balaban J connectivity index is 2.29. The van der Waals surface area contributed by atoms with Gasteiger partial charge in [0.1, 0.15) is 0 Å². The van der Waals surface area contributed by atoms with Gasteiger partial charge in [-0.25, -0.2) is 4.79 Å². The van der Waals surface area contributed by atoms with Gasteiger partial charge in [-0.15, -0.1) is 0 Å². The van der Waals surface area contributed by atoms with Gasteiger partial charge in [0.05, 0.1) is 19.3 Å². The molecule has 0 radical (unpaired) electrons. The zero-order chi connectivity index (χ0) is 12.5. The monoisotopic (exact) mass is 244 g/mol. The predicted octanol–water partition coefficient (Wildman–Crippen LogP) is 2.30. The van der Waals surface area contributed by atoms with E-state index in [0.717, 1.165) is 25.9 Å². The minimum Gasteiger partial charge on any atom is -0.464 e. The molecular formula is C13H24O4. The molecule has 0 amide bonds. The van der Waals surface area contributed by atoms with E-state index in [0.29, 0.717) is 19.6 Å². The van der Waals surface area contributed by atoms with Gasteiger partial charge in [-0.1, -0.05) is 13.3 Å². The molecule has 0 spiro atoms. The van der Waals surface area contributed by atoms with Crippen molar-refractivity contribution in [3.63, 3.8) is 0 Å². The van der Waals surface area contributed by atoms with E-state index < -0.39 is 6.10 Å². The van der Waals surface area contributed by atoms with E-state index in [4.69, 9.17) is 14.2 Å². The van der Waals surface area contributed by atoms with E-state index in [1.54, 1.807) is 0 Å². The van der Waals surface area contributed by atoms with Crippen LogP contribution in [-0.2, 0) is 19.0 Å². The summed E-state index contributed by atoms with van der Waals surface area (Å²) in [4.78, 5) is 11.6. The number of carbonyl (C=O) groups excluding carboxylic acids is 1. The van der Waals surface area contributed by atoms with Crippen LogP contribution in [0.15, 0.2) is 0 Å². The van der Waals surface area contributed by atoms with Crippen molar-refractivity contribution in [1.82, 2.24) is 0 Å². The summed E-state index contributed by atoms with van der Waals surface area (Å²) in [5.74, 6) is -0.245. The van der Waals surface area contributed by atoms with E-state index in [2.05, 4.69) is 0 Å². The molecule has 1 aliphatic heterocycles. The van der Waals surface area contributed by atoms with Gasteiger partial charge in [-0.2, -0.15) is 0 Å². The van der Waals surface area contributed by atoms with Crippen molar-refractivity contribution in [2.45, 2.75) is 58.2 Å². The first-order valence-electron chi connectivity index (χ1n) is 6.67. The smallest absolute Gasteiger partial charge is 0.335 e. The predicted molar refractivity (Wildman–Crippen MR) is 64.9 cm³/mol. The van der Waals surface area contributed by atoms with Gasteiger partial charge < -0.3 is 14.2 Å². The van der Waals surface area contributed by atoms with Gasteiger partial charge in [0, 0.05) is 6.61 Å². The van der Waals surface area contributed by atoms with Crippen LogP contribution in [0.4, 0.5) is 0 Å². The third-order valence-electron chi connectivity index (χ3n) is 2.86. The fourth-order valence-electron chi connectivity index (χ4n) is 1.93. The molecule has 1 saturated heterocycles. The molecule has 0 aromatic heterocycles. The summed E-state index contributed by atoms with van der Waals surface area (Å²) in [6.45, 7) is 5.57. The Hall–Kier alpha value is -0.610. The lowest BCUT2D eigenvalue weighted by atomic mass is 10.1. The molecule has 2 unspecified atom stereocenters. The Kier molecular flexibility index (Phi) is 7.21. The van der Waals surface area contributed by atoms with Crippen molar-refractivity contribution in [2.24, 2.45) is 0 Å². The topological polar surface area (TPSA) is 44.8 Å². The van der Waals surface area contributed by atoms with E-state index >= 15 is 0 Å². The first-order chi connectivity index (χ1) is 8.27. The van der Waals surface area contributed by atoms with E-state index in [9.17, 15) is 4.79 Å². The molecule has 0 bridgehead atoms. The van der Waals surface area contributed by atoms with Crippen molar-refractivity contribution in [2.75, 3.05) is 19.8 Å². The molecule has 1 heterocycles. The van der Waals surface area contributed by atoms with Gasteiger partial charge in [0.25, 0.3) is 0 Å². The lowest BCUT2D eigenvalue weighted by Crippen LogP contribution is -2.32. The number of rotatable bonds is 7. The standard InChI is InChI=1S/C13H24O4/c1-3-7-12(13(14)15-4-2)17-10-11-8-5-6-9-16-11/h11-12H,3-10H2,1-2H3. The number of hydrogen-bond donors (Lipinski definition) is 0. The SMILES string of the molecule is CCCC(OCC1CCCCO1)C(=O)OCC. The lowest BCUT2D eigenvalue weighted by molar-refractivity contribution is -0.160. The summed E-state index contributed by atoms with van der Waals surface area (Å²) in [5, 5.41) is 0. The third kappa shape index (κ3) is 5.50. The molecule has 0 aromatic rings. The molecule has 0 aromatic carbocycles. The van der Waals surface area contributed by atoms with Crippen molar-refractivity contribution in [1.29, 1.82) is 0 Å². The number of carbonyl (C=O) groups is 1. The Bertz CT molecular complexity index is 211. The quantitative estimate of drug-likeness (QED) is 0.645. The van der Waals surface area contributed by atoms with E-state index in [1.807, 2.05) is 13.8 Å². The third-order valence-corrected chi connectivity index (χ3v) is 2.86. The van der Waals surface area contributed by atoms with Crippen LogP contribution in [-0.4, -0.2) is 38.0 Å². The van der Waals surface area contributed by atoms with Gasteiger partial charge in [-0.05, 0) is 32.6 Å². The number of hydrogen-bond acceptors (Lipinski definition) is 4. The first-order valence-corrected chi connectivity index (χ1v) is 6.67. The summed E-state index contributed by atoms with van der Waals surface area (Å²) in [5.41, 5.74) is 0. The Morgan fingerprint density at radius 1 is 1.41 bits per heavy atom. The molecule has 1 fully saturated rings. The minimum atomic E-state index is -0.425. The molecule has 2 atom stereocenters. The average Bonchev–Trinajstić information content (AvgIpc) is 2.36. The largest absolute Gasteiger partial charge is 0.464 e. The summed E-state index contributed by atoms with van der Waals surface area (Å²) in [7, 11) is 0. The summed E-state index contributed by atoms with van der Waals surface area (Å²) in [6.07, 6.45) is 4.70. The molecule has 1 rings (SSSR count). The van der Waals surface area contributed by atoms with Crippen molar-refractivity contribution >= 4 is 5.97 Å². The molecule has 1 aliphatic rings. The highest BCUT2D eigenvalue weighted by molar-refractivity contribution is 5.74. The zero-order valence-corrected chi connectivity index (χ0v) is 10.9. The fraction of sp³-hybridized carbons (Fsp3) is 0.923. The summed E-state index contributed by atoms with van der Waals surface area (Å²) >= 11 is 0. The molecule has 0 saturated carbocycles. The molecule has 100 valence electrons. The highest BCUT2D eigenvalue weighted by Gasteiger charge is 2.22. The van der Waals surface area contributed by atoms with Crippen LogP contribution in [0.25, 0.3) is 0 Å². The maximum absolute atomic E-state index is 11.6. The van der Waals surface area contributed by atoms with Crippen molar-refractivity contribution in [3.05, 3.63) is 0 Å². The van der Waals surface area contributed by atoms with Crippen LogP contribution < -0.4 is 0 Å². The van der Waals surface area contributed by atoms with Crippen LogP contribution in [0.3, 0.4) is 0 Å². The lowest BCUT2D eigenvalue weighted by Gasteiger charge is -2.24. The summed E-state index contributed by atoms with van der Waals surface area (Å²) < 4.78 is 16.2. The second-order valence-corrected chi connectivity index (χ2v) is 4.35. The zero-order valence-electron chi connectivity index (χ0n) is 10.9. The van der Waals surface area contributed by atoms with Crippen LogP contribution in [0, 0.1) is 0 Å². The highest BCUT2D eigenvalue weighted by atomic mass is 16.6. The fourth-order valence-corrected chi connectivity index (χ4v) is 1.93. The minimum absolute atomic E-state index is 0.150. The van der Waals surface area contributed by atoms with Gasteiger partial charge in [-0.3, -0.25) is 0 Å². The molecule has 4 nitrogen and oxygen atoms in total. The normalized spacial score (nSPS) is 22.1. The molecular weight excluding hydrogens is 220 g/mol. The Morgan fingerprint density at radius 3 is 2.82 bits per heavy atom. The molecule has 4 heteroatoms. The van der Waals surface area contributed by atoms with Crippen LogP contribution in [0.2, 0.25) is 0 Å². The molecule has 0 N–H and O–H groups in total. The maximum atomic E-state index is 11.6. The first kappa shape index (κ1) is 14.5. The second-order valence-electron chi connectivity index (χ2n) is 4.35. The van der Waals surface area contributed by atoms with Gasteiger partial charge in [0.2, 0.25) is 0 Å². The van der Waals surface area contributed by atoms with Crippen LogP contribution in [0.1, 0.15) is 46.0 Å². The van der Waals surface area contributed by atoms with E-state index in [-0.39, 0.29) is 12.1 Å². The molecule has 0 aliphatic carbocycles. The van der Waals surface area contributed by atoms with Crippen LogP contribution in [0.5, 0.6) is 0 Å². The van der Waals surface area contributed by atoms with E-state index in [1.165, 1.54) is 6.42 Å². The van der Waals surface area contributed by atoms with Crippen molar-refractivity contribution in [3.8, 4) is 0 Å². The average molecular weight is 244 g/mol. The second kappa shape index (κ2) is 8.48. The van der Waals surface area contributed by atoms with Crippen LogP contribution >= 0.6 is 0 Å². The van der Waals surface area contributed by atoms with Gasteiger partial charge >= 0.3 is 5.97 Å².